The number of carbonyl (C=O) groups excluding carboxylic acids is 1. The summed E-state index contributed by atoms with van der Waals surface area (Å²) in [6, 6.07) is 12.5. The minimum Gasteiger partial charge on any atom is -0.357 e. The molecule has 2 N–H and O–H groups in total. The lowest BCUT2D eigenvalue weighted by Crippen LogP contribution is -2.30. The quantitative estimate of drug-likeness (QED) is 0.748. The number of aromatic amines is 1. The number of fused-ring (bicyclic) bond motifs is 1. The molecular weight excluding hydrogens is 318 g/mol. The van der Waals surface area contributed by atoms with Crippen LogP contribution in [0, 0.1) is 5.92 Å². The van der Waals surface area contributed by atoms with Crippen molar-refractivity contribution in [3.05, 3.63) is 58.4 Å². The highest BCUT2D eigenvalue weighted by Crippen LogP contribution is 2.21. The molecule has 0 spiro atoms. The third-order valence-electron chi connectivity index (χ3n) is 4.68. The van der Waals surface area contributed by atoms with Gasteiger partial charge in [0.15, 0.2) is 0 Å². The normalized spacial score (nSPS) is 18.2. The molecule has 1 amide bonds. The number of nitrogens with zero attached hydrogens (tertiary/aromatic N) is 1. The van der Waals surface area contributed by atoms with Gasteiger partial charge in [0, 0.05) is 41.8 Å². The molecule has 3 aromatic rings. The lowest BCUT2D eigenvalue weighted by Gasteiger charge is -2.15. The van der Waals surface area contributed by atoms with Gasteiger partial charge in [-0.15, -0.1) is 0 Å². The van der Waals surface area contributed by atoms with Crippen LogP contribution in [0.2, 0.25) is 0 Å². The molecule has 124 valence electrons. The highest BCUT2D eigenvalue weighted by Gasteiger charge is 2.23. The Morgan fingerprint density at radius 2 is 2.25 bits per heavy atom. The van der Waals surface area contributed by atoms with Crippen LogP contribution < -0.4 is 5.32 Å². The largest absolute Gasteiger partial charge is 0.357 e. The molecule has 2 aromatic heterocycles. The summed E-state index contributed by atoms with van der Waals surface area (Å²) in [6.07, 6.45) is 1.14. The van der Waals surface area contributed by atoms with Gasteiger partial charge in [0.05, 0.1) is 0 Å². The lowest BCUT2D eigenvalue weighted by atomic mass is 10.1. The van der Waals surface area contributed by atoms with E-state index in [1.54, 1.807) is 11.3 Å². The molecule has 0 radical (unpaired) electrons. The molecule has 1 aromatic carbocycles. The monoisotopic (exact) mass is 339 g/mol. The van der Waals surface area contributed by atoms with E-state index in [2.05, 4.69) is 45.5 Å². The van der Waals surface area contributed by atoms with Crippen molar-refractivity contribution < 1.29 is 4.79 Å². The number of aromatic nitrogens is 1. The number of H-pyrrole nitrogens is 1. The Balaban J connectivity index is 1.29. The van der Waals surface area contributed by atoms with E-state index < -0.39 is 0 Å². The maximum absolute atomic E-state index is 12.0. The van der Waals surface area contributed by atoms with Gasteiger partial charge in [-0.05, 0) is 47.8 Å². The minimum atomic E-state index is 0.0466. The highest BCUT2D eigenvalue weighted by atomic mass is 32.1. The summed E-state index contributed by atoms with van der Waals surface area (Å²) < 4.78 is 0. The van der Waals surface area contributed by atoms with E-state index in [-0.39, 0.29) is 5.91 Å². The van der Waals surface area contributed by atoms with Crippen LogP contribution in [0.15, 0.2) is 47.2 Å². The molecule has 0 saturated carbocycles. The molecule has 0 bridgehead atoms. The van der Waals surface area contributed by atoms with Gasteiger partial charge in [-0.25, -0.2) is 0 Å². The van der Waals surface area contributed by atoms with Crippen molar-refractivity contribution in [1.82, 2.24) is 15.2 Å². The van der Waals surface area contributed by atoms with Gasteiger partial charge in [0.25, 0.3) is 5.91 Å². The van der Waals surface area contributed by atoms with Gasteiger partial charge in [-0.1, -0.05) is 18.2 Å². The Morgan fingerprint density at radius 1 is 1.33 bits per heavy atom. The fourth-order valence-electron chi connectivity index (χ4n) is 3.42. The van der Waals surface area contributed by atoms with Gasteiger partial charge in [-0.2, -0.15) is 11.3 Å². The van der Waals surface area contributed by atoms with Crippen LogP contribution in [0.5, 0.6) is 0 Å². The molecule has 3 heterocycles. The summed E-state index contributed by atoms with van der Waals surface area (Å²) in [7, 11) is 0. The molecule has 1 atom stereocenters. The number of hydrogen-bond donors (Lipinski definition) is 2. The number of carbonyl (C=O) groups is 1. The van der Waals surface area contributed by atoms with Crippen LogP contribution in [-0.4, -0.2) is 35.4 Å². The number of para-hydroxylation sites is 1. The standard InChI is InChI=1S/C19H21N3OS/c23-19(16-6-8-24-13-16)20-10-14-5-7-22(11-14)12-17-9-15-3-1-2-4-18(15)21-17/h1-4,6,8-9,13-14,21H,5,7,10-12H2,(H,20,23)/t14-/m1/s1. The summed E-state index contributed by atoms with van der Waals surface area (Å²) in [5.41, 5.74) is 3.23. The number of thiophene rings is 1. The second kappa shape index (κ2) is 6.79. The Morgan fingerprint density at radius 3 is 3.08 bits per heavy atom. The Hall–Kier alpha value is -2.11. The first-order valence-corrected chi connectivity index (χ1v) is 9.31. The van der Waals surface area contributed by atoms with Crippen molar-refractivity contribution in [2.75, 3.05) is 19.6 Å². The van der Waals surface area contributed by atoms with Crippen molar-refractivity contribution in [3.8, 4) is 0 Å². The summed E-state index contributed by atoms with van der Waals surface area (Å²) in [5.74, 6) is 0.585. The van der Waals surface area contributed by atoms with Gasteiger partial charge < -0.3 is 10.3 Å². The van der Waals surface area contributed by atoms with E-state index in [0.29, 0.717) is 5.92 Å². The molecule has 24 heavy (non-hydrogen) atoms. The van der Waals surface area contributed by atoms with Gasteiger partial charge in [0.2, 0.25) is 0 Å². The SMILES string of the molecule is O=C(NC[C@H]1CCN(Cc2cc3ccccc3[nH]2)C1)c1ccsc1. The predicted molar refractivity (Wildman–Crippen MR) is 98.3 cm³/mol. The fourth-order valence-corrected chi connectivity index (χ4v) is 4.05. The Labute approximate surface area is 145 Å². The third kappa shape index (κ3) is 3.37. The lowest BCUT2D eigenvalue weighted by molar-refractivity contribution is 0.0947. The molecule has 1 aliphatic rings. The van der Waals surface area contributed by atoms with Gasteiger partial charge in [0.1, 0.15) is 0 Å². The molecular formula is C19H21N3OS. The minimum absolute atomic E-state index is 0.0466. The smallest absolute Gasteiger partial charge is 0.252 e. The van der Waals surface area contributed by atoms with E-state index in [9.17, 15) is 4.79 Å². The second-order valence-corrected chi connectivity index (χ2v) is 7.27. The number of rotatable bonds is 5. The molecule has 0 unspecified atom stereocenters. The van der Waals surface area contributed by atoms with Crippen LogP contribution in [0.25, 0.3) is 10.9 Å². The molecule has 1 fully saturated rings. The first-order chi connectivity index (χ1) is 11.8. The molecule has 1 aliphatic heterocycles. The van der Waals surface area contributed by atoms with Crippen molar-refractivity contribution in [3.63, 3.8) is 0 Å². The second-order valence-electron chi connectivity index (χ2n) is 6.49. The number of benzene rings is 1. The summed E-state index contributed by atoms with van der Waals surface area (Å²) >= 11 is 1.56. The molecule has 0 aliphatic carbocycles. The first kappa shape index (κ1) is 15.4. The average Bonchev–Trinajstić information content (AvgIpc) is 3.33. The van der Waals surface area contributed by atoms with Gasteiger partial charge in [-0.3, -0.25) is 9.69 Å². The molecule has 5 heteroatoms. The van der Waals surface area contributed by atoms with Crippen LogP contribution in [0.4, 0.5) is 0 Å². The summed E-state index contributed by atoms with van der Waals surface area (Å²) in [5, 5.41) is 8.17. The fraction of sp³-hybridized carbons (Fsp3) is 0.316. The number of amides is 1. The van der Waals surface area contributed by atoms with E-state index in [0.717, 1.165) is 38.2 Å². The van der Waals surface area contributed by atoms with E-state index in [1.807, 2.05) is 16.8 Å². The predicted octanol–water partition coefficient (Wildman–Crippen LogP) is 3.48. The molecule has 1 saturated heterocycles. The van der Waals surface area contributed by atoms with E-state index in [4.69, 9.17) is 0 Å². The van der Waals surface area contributed by atoms with Crippen LogP contribution in [0.3, 0.4) is 0 Å². The average molecular weight is 339 g/mol. The number of nitrogens with one attached hydrogen (secondary N) is 2. The highest BCUT2D eigenvalue weighted by molar-refractivity contribution is 7.08. The maximum Gasteiger partial charge on any atom is 0.252 e. The molecule has 4 nitrogen and oxygen atoms in total. The van der Waals surface area contributed by atoms with E-state index in [1.165, 1.54) is 16.6 Å². The van der Waals surface area contributed by atoms with Crippen molar-refractivity contribution in [1.29, 1.82) is 0 Å². The number of likely N-dealkylation sites (tertiary alicyclic amines) is 1. The summed E-state index contributed by atoms with van der Waals surface area (Å²) in [4.78, 5) is 18.0. The third-order valence-corrected chi connectivity index (χ3v) is 5.37. The number of hydrogen-bond acceptors (Lipinski definition) is 3. The van der Waals surface area contributed by atoms with Crippen LogP contribution >= 0.6 is 11.3 Å². The zero-order chi connectivity index (χ0) is 16.4. The van der Waals surface area contributed by atoms with Crippen molar-refractivity contribution in [2.24, 2.45) is 5.92 Å². The van der Waals surface area contributed by atoms with Crippen molar-refractivity contribution >= 4 is 28.1 Å². The van der Waals surface area contributed by atoms with Crippen molar-refractivity contribution in [2.45, 2.75) is 13.0 Å². The molecule has 4 rings (SSSR count). The van der Waals surface area contributed by atoms with Crippen LogP contribution in [-0.2, 0) is 6.54 Å². The topological polar surface area (TPSA) is 48.1 Å². The van der Waals surface area contributed by atoms with Crippen LogP contribution in [0.1, 0.15) is 22.5 Å². The van der Waals surface area contributed by atoms with Gasteiger partial charge >= 0.3 is 0 Å². The first-order valence-electron chi connectivity index (χ1n) is 8.37. The zero-order valence-corrected chi connectivity index (χ0v) is 14.3. The van der Waals surface area contributed by atoms with E-state index >= 15 is 0 Å². The Kier molecular flexibility index (Phi) is 4.36. The maximum atomic E-state index is 12.0. The summed E-state index contributed by atoms with van der Waals surface area (Å²) in [6.45, 7) is 3.84. The Bertz CT molecular complexity index is 791. The zero-order valence-electron chi connectivity index (χ0n) is 13.5.